The molecule has 0 spiro atoms. The first-order valence-electron chi connectivity index (χ1n) is 7.74. The number of halogens is 1. The van der Waals surface area contributed by atoms with Gasteiger partial charge in [0.05, 0.1) is 5.69 Å². The normalized spacial score (nSPS) is 10.7. The van der Waals surface area contributed by atoms with Crippen molar-refractivity contribution in [2.75, 3.05) is 19.6 Å². The highest BCUT2D eigenvalue weighted by Gasteiger charge is 2.16. The number of carbonyl (C=O) groups excluding carboxylic acids is 1. The highest BCUT2D eigenvalue weighted by Crippen LogP contribution is 2.20. The molecule has 1 aromatic carbocycles. The maximum absolute atomic E-state index is 12.4. The summed E-state index contributed by atoms with van der Waals surface area (Å²) in [5, 5.41) is 4.07. The molecule has 0 radical (unpaired) electrons. The Morgan fingerprint density at radius 3 is 2.61 bits per heavy atom. The van der Waals surface area contributed by atoms with Crippen LogP contribution in [0.1, 0.15) is 23.2 Å². The molecule has 0 aliphatic rings. The summed E-state index contributed by atoms with van der Waals surface area (Å²) in [6, 6.07) is 10.1. The van der Waals surface area contributed by atoms with Crippen LogP contribution in [0.4, 0.5) is 0 Å². The summed E-state index contributed by atoms with van der Waals surface area (Å²) < 4.78 is 4.91. The van der Waals surface area contributed by atoms with Gasteiger partial charge in [-0.25, -0.2) is 0 Å². The molecule has 0 saturated heterocycles. The molecule has 6 heteroatoms. The maximum atomic E-state index is 12.4. The van der Waals surface area contributed by atoms with Crippen LogP contribution in [-0.4, -0.2) is 35.6 Å². The summed E-state index contributed by atoms with van der Waals surface area (Å²) in [6.45, 7) is 3.49. The first-order valence-corrected chi connectivity index (χ1v) is 8.12. The zero-order valence-corrected chi connectivity index (χ0v) is 14.1. The van der Waals surface area contributed by atoms with Gasteiger partial charge in [0.1, 0.15) is 0 Å². The standard InChI is InChI=1S/C17H22ClN3O2/c1-13-15(17(18)23-20-13)7-8-16(22)21(12-10-19)11-9-14-5-3-2-4-6-14/h2-6H,7-12,19H2,1H3. The van der Waals surface area contributed by atoms with Crippen LogP contribution in [0.3, 0.4) is 0 Å². The van der Waals surface area contributed by atoms with Gasteiger partial charge in [0, 0.05) is 31.6 Å². The topological polar surface area (TPSA) is 72.4 Å². The predicted molar refractivity (Wildman–Crippen MR) is 90.4 cm³/mol. The summed E-state index contributed by atoms with van der Waals surface area (Å²) in [7, 11) is 0. The SMILES string of the molecule is Cc1noc(Cl)c1CCC(=O)N(CCN)CCc1ccccc1. The van der Waals surface area contributed by atoms with Gasteiger partial charge in [-0.2, -0.15) is 0 Å². The number of amides is 1. The Bertz CT molecular complexity index is 609. The van der Waals surface area contributed by atoms with E-state index in [2.05, 4.69) is 17.3 Å². The fourth-order valence-electron chi connectivity index (χ4n) is 2.46. The number of aryl methyl sites for hydroxylation is 1. The van der Waals surface area contributed by atoms with Gasteiger partial charge < -0.3 is 15.2 Å². The maximum Gasteiger partial charge on any atom is 0.229 e. The molecule has 1 aromatic heterocycles. The van der Waals surface area contributed by atoms with Gasteiger partial charge in [-0.3, -0.25) is 4.79 Å². The van der Waals surface area contributed by atoms with Crippen molar-refractivity contribution in [3.05, 3.63) is 52.4 Å². The number of hydrogen-bond acceptors (Lipinski definition) is 4. The van der Waals surface area contributed by atoms with E-state index in [1.54, 1.807) is 0 Å². The smallest absolute Gasteiger partial charge is 0.229 e. The van der Waals surface area contributed by atoms with E-state index in [4.69, 9.17) is 21.9 Å². The average Bonchev–Trinajstić information content (AvgIpc) is 2.88. The largest absolute Gasteiger partial charge is 0.344 e. The van der Waals surface area contributed by atoms with Crippen LogP contribution < -0.4 is 5.73 Å². The fraction of sp³-hybridized carbons (Fsp3) is 0.412. The Labute approximate surface area is 141 Å². The van der Waals surface area contributed by atoms with Gasteiger partial charge in [-0.05, 0) is 36.9 Å². The van der Waals surface area contributed by atoms with Gasteiger partial charge >= 0.3 is 0 Å². The Hall–Kier alpha value is -1.85. The summed E-state index contributed by atoms with van der Waals surface area (Å²) in [5.74, 6) is 0.0723. The van der Waals surface area contributed by atoms with E-state index in [0.29, 0.717) is 32.5 Å². The first-order chi connectivity index (χ1) is 11.1. The van der Waals surface area contributed by atoms with Crippen LogP contribution in [0, 0.1) is 6.92 Å². The van der Waals surface area contributed by atoms with Crippen molar-refractivity contribution >= 4 is 17.5 Å². The van der Waals surface area contributed by atoms with Gasteiger partial charge in [0.2, 0.25) is 11.1 Å². The number of nitrogens with zero attached hydrogens (tertiary/aromatic N) is 2. The van der Waals surface area contributed by atoms with Crippen LogP contribution in [0.25, 0.3) is 0 Å². The quantitative estimate of drug-likeness (QED) is 0.804. The third kappa shape index (κ3) is 5.08. The molecule has 0 atom stereocenters. The van der Waals surface area contributed by atoms with Crippen LogP contribution >= 0.6 is 11.6 Å². The van der Waals surface area contributed by atoms with Crippen molar-refractivity contribution in [1.82, 2.24) is 10.1 Å². The molecule has 23 heavy (non-hydrogen) atoms. The molecule has 0 fully saturated rings. The number of hydrogen-bond donors (Lipinski definition) is 1. The minimum absolute atomic E-state index is 0.0723. The Kier molecular flexibility index (Phi) is 6.62. The zero-order chi connectivity index (χ0) is 16.7. The average molecular weight is 336 g/mol. The van der Waals surface area contributed by atoms with Crippen molar-refractivity contribution in [2.45, 2.75) is 26.2 Å². The second kappa shape index (κ2) is 8.70. The van der Waals surface area contributed by atoms with E-state index in [0.717, 1.165) is 17.7 Å². The zero-order valence-electron chi connectivity index (χ0n) is 13.3. The minimum Gasteiger partial charge on any atom is -0.344 e. The Morgan fingerprint density at radius 1 is 1.26 bits per heavy atom. The number of aromatic nitrogens is 1. The lowest BCUT2D eigenvalue weighted by atomic mass is 10.1. The molecular formula is C17H22ClN3O2. The molecule has 0 bridgehead atoms. The molecule has 0 aliphatic heterocycles. The number of carbonyl (C=O) groups is 1. The molecule has 2 N–H and O–H groups in total. The third-order valence-electron chi connectivity index (χ3n) is 3.79. The lowest BCUT2D eigenvalue weighted by Gasteiger charge is -2.22. The first kappa shape index (κ1) is 17.5. The van der Waals surface area contributed by atoms with Crippen molar-refractivity contribution in [1.29, 1.82) is 0 Å². The van der Waals surface area contributed by atoms with Crippen molar-refractivity contribution in [3.8, 4) is 0 Å². The van der Waals surface area contributed by atoms with Crippen LogP contribution in [0.5, 0.6) is 0 Å². The van der Waals surface area contributed by atoms with Crippen LogP contribution in [-0.2, 0) is 17.6 Å². The van der Waals surface area contributed by atoms with Gasteiger partial charge in [0.25, 0.3) is 0 Å². The molecular weight excluding hydrogens is 314 g/mol. The van der Waals surface area contributed by atoms with Crippen molar-refractivity contribution < 1.29 is 9.32 Å². The highest BCUT2D eigenvalue weighted by molar-refractivity contribution is 6.29. The number of rotatable bonds is 8. The molecule has 2 rings (SSSR count). The van der Waals surface area contributed by atoms with Gasteiger partial charge in [0.15, 0.2) is 0 Å². The molecule has 1 heterocycles. The van der Waals surface area contributed by atoms with E-state index < -0.39 is 0 Å². The van der Waals surface area contributed by atoms with Crippen LogP contribution in [0.15, 0.2) is 34.9 Å². The predicted octanol–water partition coefficient (Wildman–Crippen LogP) is 2.60. The Balaban J connectivity index is 1.90. The van der Waals surface area contributed by atoms with Crippen molar-refractivity contribution in [2.24, 2.45) is 5.73 Å². The summed E-state index contributed by atoms with van der Waals surface area (Å²) in [6.07, 6.45) is 1.72. The van der Waals surface area contributed by atoms with E-state index >= 15 is 0 Å². The van der Waals surface area contributed by atoms with Crippen molar-refractivity contribution in [3.63, 3.8) is 0 Å². The molecule has 0 aliphatic carbocycles. The summed E-state index contributed by atoms with van der Waals surface area (Å²) in [4.78, 5) is 14.3. The monoisotopic (exact) mass is 335 g/mol. The lowest BCUT2D eigenvalue weighted by Crippen LogP contribution is -2.37. The Morgan fingerprint density at radius 2 is 2.00 bits per heavy atom. The highest BCUT2D eigenvalue weighted by atomic mass is 35.5. The minimum atomic E-state index is 0.0723. The molecule has 124 valence electrons. The number of benzene rings is 1. The molecule has 5 nitrogen and oxygen atoms in total. The fourth-order valence-corrected chi connectivity index (χ4v) is 2.72. The molecule has 0 saturated carbocycles. The van der Waals surface area contributed by atoms with E-state index in [-0.39, 0.29) is 11.1 Å². The second-order valence-electron chi connectivity index (χ2n) is 5.43. The molecule has 2 aromatic rings. The summed E-state index contributed by atoms with van der Waals surface area (Å²) in [5.41, 5.74) is 8.38. The van der Waals surface area contributed by atoms with E-state index in [9.17, 15) is 4.79 Å². The van der Waals surface area contributed by atoms with Gasteiger partial charge in [-0.15, -0.1) is 0 Å². The van der Waals surface area contributed by atoms with E-state index in [1.165, 1.54) is 5.56 Å². The van der Waals surface area contributed by atoms with E-state index in [1.807, 2.05) is 30.0 Å². The lowest BCUT2D eigenvalue weighted by molar-refractivity contribution is -0.131. The van der Waals surface area contributed by atoms with Crippen LogP contribution in [0.2, 0.25) is 5.22 Å². The molecule has 0 unspecified atom stereocenters. The summed E-state index contributed by atoms with van der Waals surface area (Å²) >= 11 is 5.94. The number of nitrogens with two attached hydrogens (primary N) is 1. The van der Waals surface area contributed by atoms with Gasteiger partial charge in [-0.1, -0.05) is 35.5 Å². The third-order valence-corrected chi connectivity index (χ3v) is 4.09. The molecule has 1 amide bonds. The second-order valence-corrected chi connectivity index (χ2v) is 5.77.